The maximum Gasteiger partial charge on any atom is 0.224 e. The van der Waals surface area contributed by atoms with Crippen LogP contribution in [0, 0.1) is 0 Å². The summed E-state index contributed by atoms with van der Waals surface area (Å²) in [5, 5.41) is 13.5. The molecular formula is C21H22Cl2N4O2S. The molecule has 1 amide bonds. The fourth-order valence-electron chi connectivity index (χ4n) is 2.90. The van der Waals surface area contributed by atoms with E-state index in [-0.39, 0.29) is 18.4 Å². The summed E-state index contributed by atoms with van der Waals surface area (Å²) < 4.78 is 7.02. The molecule has 3 rings (SSSR count). The van der Waals surface area contributed by atoms with Crippen LogP contribution in [0.4, 0.5) is 0 Å². The van der Waals surface area contributed by atoms with Crippen molar-refractivity contribution in [2.24, 2.45) is 7.05 Å². The number of methoxy groups -OCH3 is 1. The van der Waals surface area contributed by atoms with Crippen LogP contribution in [0.15, 0.2) is 47.6 Å². The number of aromatic nitrogens is 3. The molecule has 1 N–H and O–H groups in total. The average Bonchev–Trinajstić information content (AvgIpc) is 3.08. The monoisotopic (exact) mass is 464 g/mol. The van der Waals surface area contributed by atoms with Crippen molar-refractivity contribution in [3.63, 3.8) is 0 Å². The molecule has 9 heteroatoms. The Hall–Kier alpha value is -2.22. The number of halogens is 2. The maximum atomic E-state index is 12.4. The van der Waals surface area contributed by atoms with E-state index >= 15 is 0 Å². The zero-order valence-electron chi connectivity index (χ0n) is 16.9. The number of hydrogen-bond donors (Lipinski definition) is 1. The van der Waals surface area contributed by atoms with Crippen molar-refractivity contribution in [2.75, 3.05) is 7.11 Å². The molecule has 0 bridgehead atoms. The number of nitrogens with one attached hydrogen (secondary N) is 1. The van der Waals surface area contributed by atoms with Crippen LogP contribution in [-0.4, -0.2) is 27.8 Å². The Kier molecular flexibility index (Phi) is 7.64. The second-order valence-electron chi connectivity index (χ2n) is 6.74. The van der Waals surface area contributed by atoms with Crippen LogP contribution in [0.25, 0.3) is 0 Å². The Balaban J connectivity index is 1.59. The first-order valence-electron chi connectivity index (χ1n) is 9.25. The second-order valence-corrected chi connectivity index (χ2v) is 8.52. The van der Waals surface area contributed by atoms with Gasteiger partial charge in [-0.15, -0.1) is 10.2 Å². The van der Waals surface area contributed by atoms with Crippen LogP contribution >= 0.6 is 35.0 Å². The third-order valence-corrected chi connectivity index (χ3v) is 6.18. The minimum atomic E-state index is -0.276. The number of amides is 1. The van der Waals surface area contributed by atoms with E-state index in [2.05, 4.69) is 15.5 Å². The van der Waals surface area contributed by atoms with Gasteiger partial charge in [0, 0.05) is 22.8 Å². The van der Waals surface area contributed by atoms with E-state index in [9.17, 15) is 4.79 Å². The van der Waals surface area contributed by atoms with Crippen molar-refractivity contribution >= 4 is 40.9 Å². The number of rotatable bonds is 8. The molecule has 3 aromatic rings. The van der Waals surface area contributed by atoms with Gasteiger partial charge < -0.3 is 14.6 Å². The predicted octanol–water partition coefficient (Wildman–Crippen LogP) is 4.84. The van der Waals surface area contributed by atoms with E-state index in [4.69, 9.17) is 27.9 Å². The second kappa shape index (κ2) is 10.2. The summed E-state index contributed by atoms with van der Waals surface area (Å²) in [5.74, 6) is 2.00. The van der Waals surface area contributed by atoms with E-state index in [1.807, 2.05) is 54.9 Å². The lowest BCUT2D eigenvalue weighted by Gasteiger charge is -2.14. The fourth-order valence-corrected chi connectivity index (χ4v) is 4.37. The van der Waals surface area contributed by atoms with Gasteiger partial charge in [-0.2, -0.15) is 0 Å². The van der Waals surface area contributed by atoms with Crippen molar-refractivity contribution in [1.82, 2.24) is 20.1 Å². The molecule has 0 spiro atoms. The van der Waals surface area contributed by atoms with E-state index in [0.717, 1.165) is 22.0 Å². The summed E-state index contributed by atoms with van der Waals surface area (Å²) in [6.45, 7) is 1.89. The lowest BCUT2D eigenvalue weighted by Crippen LogP contribution is -2.29. The molecule has 6 nitrogen and oxygen atoms in total. The highest BCUT2D eigenvalue weighted by atomic mass is 35.5. The van der Waals surface area contributed by atoms with Crippen LogP contribution < -0.4 is 10.1 Å². The number of hydrogen-bond acceptors (Lipinski definition) is 5. The van der Waals surface area contributed by atoms with Crippen molar-refractivity contribution in [2.45, 2.75) is 30.3 Å². The van der Waals surface area contributed by atoms with Gasteiger partial charge in [0.1, 0.15) is 5.75 Å². The Morgan fingerprint density at radius 2 is 1.93 bits per heavy atom. The van der Waals surface area contributed by atoms with Crippen LogP contribution in [0.2, 0.25) is 10.0 Å². The number of carbonyl (C=O) groups is 1. The summed E-state index contributed by atoms with van der Waals surface area (Å²) in [6.07, 6.45) is 0.281. The van der Waals surface area contributed by atoms with E-state index in [1.54, 1.807) is 13.2 Å². The predicted molar refractivity (Wildman–Crippen MR) is 120 cm³/mol. The zero-order chi connectivity index (χ0) is 21.7. The zero-order valence-corrected chi connectivity index (χ0v) is 19.2. The van der Waals surface area contributed by atoms with Gasteiger partial charge in [0.25, 0.3) is 0 Å². The molecule has 0 saturated carbocycles. The SMILES string of the molecule is COc1ccc(CC(=O)NC(C)c2nnc(SCc3ccc(Cl)cc3Cl)n2C)cc1. The standard InChI is InChI=1S/C21H22Cl2N4O2S/c1-13(24-19(28)10-14-4-8-17(29-3)9-5-14)20-25-26-21(27(20)2)30-12-15-6-7-16(22)11-18(15)23/h4-9,11,13H,10,12H2,1-3H3,(H,24,28). The van der Waals surface area contributed by atoms with Crippen LogP contribution in [0.5, 0.6) is 5.75 Å². The number of ether oxygens (including phenoxy) is 1. The maximum absolute atomic E-state index is 12.4. The highest BCUT2D eigenvalue weighted by Crippen LogP contribution is 2.28. The van der Waals surface area contributed by atoms with Crippen LogP contribution in [0.3, 0.4) is 0 Å². The molecule has 1 heterocycles. The van der Waals surface area contributed by atoms with Gasteiger partial charge in [0.2, 0.25) is 5.91 Å². The van der Waals surface area contributed by atoms with Gasteiger partial charge in [0.05, 0.1) is 19.6 Å². The van der Waals surface area contributed by atoms with Gasteiger partial charge in [-0.1, -0.05) is 53.2 Å². The summed E-state index contributed by atoms with van der Waals surface area (Å²) in [6, 6.07) is 12.6. The lowest BCUT2D eigenvalue weighted by molar-refractivity contribution is -0.121. The van der Waals surface area contributed by atoms with Crippen molar-refractivity contribution in [3.05, 3.63) is 69.5 Å². The number of thioether (sulfide) groups is 1. The van der Waals surface area contributed by atoms with Crippen molar-refractivity contribution < 1.29 is 9.53 Å². The molecule has 0 aliphatic carbocycles. The number of carbonyl (C=O) groups excluding carboxylic acids is 1. The van der Waals surface area contributed by atoms with Gasteiger partial charge in [-0.05, 0) is 42.3 Å². The highest BCUT2D eigenvalue weighted by molar-refractivity contribution is 7.98. The molecule has 0 radical (unpaired) electrons. The molecule has 1 atom stereocenters. The summed E-state index contributed by atoms with van der Waals surface area (Å²) in [7, 11) is 3.49. The van der Waals surface area contributed by atoms with E-state index in [1.165, 1.54) is 11.8 Å². The lowest BCUT2D eigenvalue weighted by atomic mass is 10.1. The smallest absolute Gasteiger partial charge is 0.224 e. The Bertz CT molecular complexity index is 1020. The number of benzene rings is 2. The molecular weight excluding hydrogens is 443 g/mol. The first-order valence-corrected chi connectivity index (χ1v) is 11.0. The Morgan fingerprint density at radius 1 is 1.20 bits per heavy atom. The quantitative estimate of drug-likeness (QED) is 0.482. The molecule has 158 valence electrons. The molecule has 1 aromatic heterocycles. The fraction of sp³-hybridized carbons (Fsp3) is 0.286. The minimum absolute atomic E-state index is 0.0854. The largest absolute Gasteiger partial charge is 0.497 e. The molecule has 1 unspecified atom stereocenters. The first kappa shape index (κ1) is 22.5. The first-order chi connectivity index (χ1) is 14.4. The Labute approximate surface area is 189 Å². The third-order valence-electron chi connectivity index (χ3n) is 4.53. The van der Waals surface area contributed by atoms with E-state index in [0.29, 0.717) is 21.6 Å². The normalized spacial score (nSPS) is 11.9. The third kappa shape index (κ3) is 5.68. The van der Waals surface area contributed by atoms with Crippen LogP contribution in [0.1, 0.15) is 29.9 Å². The molecule has 0 fully saturated rings. The molecule has 0 aliphatic rings. The van der Waals surface area contributed by atoms with Gasteiger partial charge in [-0.3, -0.25) is 4.79 Å². The van der Waals surface area contributed by atoms with Gasteiger partial charge in [-0.25, -0.2) is 0 Å². The van der Waals surface area contributed by atoms with Crippen LogP contribution in [-0.2, 0) is 24.0 Å². The van der Waals surface area contributed by atoms with Gasteiger partial charge >= 0.3 is 0 Å². The minimum Gasteiger partial charge on any atom is -0.497 e. The average molecular weight is 465 g/mol. The summed E-state index contributed by atoms with van der Waals surface area (Å²) >= 11 is 13.7. The van der Waals surface area contributed by atoms with Crippen molar-refractivity contribution in [3.8, 4) is 5.75 Å². The molecule has 0 aliphatic heterocycles. The van der Waals surface area contributed by atoms with E-state index < -0.39 is 0 Å². The van der Waals surface area contributed by atoms with Gasteiger partial charge in [0.15, 0.2) is 11.0 Å². The Morgan fingerprint density at radius 3 is 2.60 bits per heavy atom. The number of nitrogens with zero attached hydrogens (tertiary/aromatic N) is 3. The van der Waals surface area contributed by atoms with Crippen molar-refractivity contribution in [1.29, 1.82) is 0 Å². The molecule has 2 aromatic carbocycles. The topological polar surface area (TPSA) is 69.0 Å². The summed E-state index contributed by atoms with van der Waals surface area (Å²) in [4.78, 5) is 12.4. The highest BCUT2D eigenvalue weighted by Gasteiger charge is 2.18. The molecule has 30 heavy (non-hydrogen) atoms. The molecule has 0 saturated heterocycles. The summed E-state index contributed by atoms with van der Waals surface area (Å²) in [5.41, 5.74) is 1.88.